The Bertz CT molecular complexity index is 671. The number of aliphatic hydroxyl groups is 1. The van der Waals surface area contributed by atoms with Gasteiger partial charge in [-0.2, -0.15) is 0 Å². The number of hydrogen-bond acceptors (Lipinski definition) is 2. The van der Waals surface area contributed by atoms with Gasteiger partial charge in [-0.1, -0.05) is 74.3 Å². The summed E-state index contributed by atoms with van der Waals surface area (Å²) in [4.78, 5) is 12.3. The zero-order valence-electron chi connectivity index (χ0n) is 11.7. The Morgan fingerprint density at radius 1 is 1.14 bits per heavy atom. The van der Waals surface area contributed by atoms with Crippen molar-refractivity contribution in [2.45, 2.75) is 6.10 Å². The first-order valence-corrected chi connectivity index (χ1v) is 8.60. The van der Waals surface area contributed by atoms with E-state index in [0.717, 1.165) is 0 Å². The molecule has 0 saturated heterocycles. The maximum atomic E-state index is 12.3. The van der Waals surface area contributed by atoms with Crippen molar-refractivity contribution >= 4 is 43.5 Å². The number of allylic oxidation sites excluding steroid dienone is 1. The van der Waals surface area contributed by atoms with Crippen LogP contribution in [-0.2, 0) is 0 Å². The fourth-order valence-corrected chi connectivity index (χ4v) is 3.16. The molecule has 0 spiro atoms. The second-order valence-electron chi connectivity index (χ2n) is 4.55. The minimum Gasteiger partial charge on any atom is -0.383 e. The van der Waals surface area contributed by atoms with E-state index in [-0.39, 0.29) is 5.91 Å². The molecular formula is C17H15Br2NO2. The molecule has 0 bridgehead atoms. The highest BCUT2D eigenvalue weighted by molar-refractivity contribution is 9.12. The summed E-state index contributed by atoms with van der Waals surface area (Å²) in [5.74, 6) is -0.208. The molecule has 2 aromatic carbocycles. The Morgan fingerprint density at radius 3 is 2.45 bits per heavy atom. The Kier molecular flexibility index (Phi) is 6.36. The third-order valence-electron chi connectivity index (χ3n) is 3.07. The average Bonchev–Trinajstić information content (AvgIpc) is 2.55. The average molecular weight is 425 g/mol. The zero-order valence-corrected chi connectivity index (χ0v) is 14.8. The van der Waals surface area contributed by atoms with Gasteiger partial charge in [-0.25, -0.2) is 0 Å². The van der Waals surface area contributed by atoms with Gasteiger partial charge in [0.25, 0.3) is 5.91 Å². The number of rotatable bonds is 5. The van der Waals surface area contributed by atoms with Crippen LogP contribution in [0, 0.1) is 0 Å². The van der Waals surface area contributed by atoms with E-state index in [9.17, 15) is 9.90 Å². The minimum atomic E-state index is -0.829. The molecule has 0 aliphatic carbocycles. The van der Waals surface area contributed by atoms with E-state index in [1.54, 1.807) is 24.3 Å². The Labute approximate surface area is 146 Å². The second-order valence-corrected chi connectivity index (χ2v) is 6.12. The standard InChI is InChI=1S/C17H15Br2NO2/c18-11-10-14(19)16(21)13-8-4-5-9-15(13)20-17(22)12-6-2-1-3-7-12/h1-10,16,21H,11H2,(H,20,22)/b14-10-/t16-/m0/s1. The van der Waals surface area contributed by atoms with Crippen molar-refractivity contribution in [1.29, 1.82) is 0 Å². The van der Waals surface area contributed by atoms with Gasteiger partial charge in [0.05, 0.1) is 0 Å². The number of aliphatic hydroxyl groups excluding tert-OH is 1. The summed E-state index contributed by atoms with van der Waals surface area (Å²) in [6, 6.07) is 16.2. The van der Waals surface area contributed by atoms with E-state index in [1.807, 2.05) is 36.4 Å². The molecule has 1 atom stereocenters. The van der Waals surface area contributed by atoms with Crippen LogP contribution in [0.1, 0.15) is 22.0 Å². The highest BCUT2D eigenvalue weighted by Crippen LogP contribution is 2.31. The number of alkyl halides is 1. The summed E-state index contributed by atoms with van der Waals surface area (Å²) in [7, 11) is 0. The fourth-order valence-electron chi connectivity index (χ4n) is 1.97. The maximum absolute atomic E-state index is 12.3. The molecule has 0 radical (unpaired) electrons. The van der Waals surface area contributed by atoms with Crippen molar-refractivity contribution in [2.24, 2.45) is 0 Å². The van der Waals surface area contributed by atoms with E-state index in [4.69, 9.17) is 0 Å². The third-order valence-corrected chi connectivity index (χ3v) is 4.15. The molecule has 1 amide bonds. The minimum absolute atomic E-state index is 0.208. The maximum Gasteiger partial charge on any atom is 0.255 e. The van der Waals surface area contributed by atoms with Gasteiger partial charge in [0.15, 0.2) is 0 Å². The van der Waals surface area contributed by atoms with Gasteiger partial charge in [0, 0.05) is 26.6 Å². The SMILES string of the molecule is O=C(Nc1ccccc1[C@H](O)/C(Br)=C/CBr)c1ccccc1. The van der Waals surface area contributed by atoms with Gasteiger partial charge < -0.3 is 10.4 Å². The van der Waals surface area contributed by atoms with Gasteiger partial charge >= 0.3 is 0 Å². The van der Waals surface area contributed by atoms with Crippen LogP contribution in [0.3, 0.4) is 0 Å². The highest BCUT2D eigenvalue weighted by atomic mass is 79.9. The molecule has 3 nitrogen and oxygen atoms in total. The smallest absolute Gasteiger partial charge is 0.255 e. The van der Waals surface area contributed by atoms with E-state index in [2.05, 4.69) is 37.2 Å². The van der Waals surface area contributed by atoms with Gasteiger partial charge in [0.2, 0.25) is 0 Å². The molecule has 2 rings (SSSR count). The van der Waals surface area contributed by atoms with Gasteiger partial charge in [-0.15, -0.1) is 0 Å². The van der Waals surface area contributed by atoms with E-state index < -0.39 is 6.10 Å². The lowest BCUT2D eigenvalue weighted by Gasteiger charge is -2.16. The van der Waals surface area contributed by atoms with Crippen LogP contribution in [0.5, 0.6) is 0 Å². The first-order valence-electron chi connectivity index (χ1n) is 6.68. The number of hydrogen-bond donors (Lipinski definition) is 2. The van der Waals surface area contributed by atoms with Crippen molar-refractivity contribution in [1.82, 2.24) is 0 Å². The van der Waals surface area contributed by atoms with Crippen molar-refractivity contribution in [3.63, 3.8) is 0 Å². The lowest BCUT2D eigenvalue weighted by molar-refractivity contribution is 0.102. The topological polar surface area (TPSA) is 49.3 Å². The van der Waals surface area contributed by atoms with Crippen LogP contribution < -0.4 is 5.32 Å². The lowest BCUT2D eigenvalue weighted by atomic mass is 10.1. The van der Waals surface area contributed by atoms with Crippen LogP contribution >= 0.6 is 31.9 Å². The van der Waals surface area contributed by atoms with E-state index in [0.29, 0.717) is 26.6 Å². The van der Waals surface area contributed by atoms with Crippen LogP contribution in [0.4, 0.5) is 5.69 Å². The molecule has 0 fully saturated rings. The summed E-state index contributed by atoms with van der Waals surface area (Å²) >= 11 is 6.65. The lowest BCUT2D eigenvalue weighted by Crippen LogP contribution is -2.14. The predicted octanol–water partition coefficient (Wildman–Crippen LogP) is 4.65. The molecule has 2 aromatic rings. The molecule has 0 aromatic heterocycles. The molecule has 0 unspecified atom stereocenters. The molecule has 0 saturated carbocycles. The van der Waals surface area contributed by atoms with E-state index in [1.165, 1.54) is 0 Å². The number of carbonyl (C=O) groups excluding carboxylic acids is 1. The van der Waals surface area contributed by atoms with Crippen LogP contribution in [0.2, 0.25) is 0 Å². The van der Waals surface area contributed by atoms with Gasteiger partial charge in [-0.3, -0.25) is 4.79 Å². The van der Waals surface area contributed by atoms with Crippen molar-refractivity contribution in [3.05, 3.63) is 76.3 Å². The Balaban J connectivity index is 2.26. The fraction of sp³-hybridized carbons (Fsp3) is 0.118. The Morgan fingerprint density at radius 2 is 1.77 bits per heavy atom. The molecule has 0 heterocycles. The number of halogens is 2. The quantitative estimate of drug-likeness (QED) is 0.686. The first kappa shape index (κ1) is 16.9. The van der Waals surface area contributed by atoms with Crippen molar-refractivity contribution in [3.8, 4) is 0 Å². The number of nitrogens with one attached hydrogen (secondary N) is 1. The van der Waals surface area contributed by atoms with Crippen molar-refractivity contribution in [2.75, 3.05) is 10.6 Å². The summed E-state index contributed by atoms with van der Waals surface area (Å²) in [6.45, 7) is 0. The number of carbonyl (C=O) groups is 1. The number of para-hydroxylation sites is 1. The van der Waals surface area contributed by atoms with E-state index >= 15 is 0 Å². The molecule has 5 heteroatoms. The molecular weight excluding hydrogens is 410 g/mol. The zero-order chi connectivity index (χ0) is 15.9. The molecule has 2 N–H and O–H groups in total. The molecule has 0 aliphatic rings. The summed E-state index contributed by atoms with van der Waals surface area (Å²) in [5, 5.41) is 13.9. The molecule has 0 aliphatic heterocycles. The van der Waals surface area contributed by atoms with Crippen LogP contribution in [0.15, 0.2) is 65.2 Å². The largest absolute Gasteiger partial charge is 0.383 e. The van der Waals surface area contributed by atoms with Gasteiger partial charge in [-0.05, 0) is 18.2 Å². The van der Waals surface area contributed by atoms with Crippen LogP contribution in [-0.4, -0.2) is 16.3 Å². The predicted molar refractivity (Wildman–Crippen MR) is 96.6 cm³/mol. The Hall–Kier alpha value is -1.43. The molecule has 22 heavy (non-hydrogen) atoms. The second kappa shape index (κ2) is 8.27. The monoisotopic (exact) mass is 423 g/mol. The normalized spacial score (nSPS) is 12.8. The summed E-state index contributed by atoms with van der Waals surface area (Å²) in [5.41, 5.74) is 1.79. The summed E-state index contributed by atoms with van der Waals surface area (Å²) in [6.07, 6.45) is 0.991. The van der Waals surface area contributed by atoms with Crippen molar-refractivity contribution < 1.29 is 9.90 Å². The summed E-state index contributed by atoms with van der Waals surface area (Å²) < 4.78 is 0.644. The number of amides is 1. The third kappa shape index (κ3) is 4.29. The first-order chi connectivity index (χ1) is 10.6. The molecule has 114 valence electrons. The number of anilines is 1. The highest BCUT2D eigenvalue weighted by Gasteiger charge is 2.16. The van der Waals surface area contributed by atoms with Gasteiger partial charge in [0.1, 0.15) is 6.10 Å². The van der Waals surface area contributed by atoms with Crippen LogP contribution in [0.25, 0.3) is 0 Å². The number of benzene rings is 2.